The molecular formula is C17H21FN4O. The van der Waals surface area contributed by atoms with Gasteiger partial charge in [0.25, 0.3) is 5.91 Å². The Balaban J connectivity index is 1.47. The smallest absolute Gasteiger partial charge is 0.271 e. The van der Waals surface area contributed by atoms with E-state index in [0.29, 0.717) is 5.69 Å². The molecule has 0 bridgehead atoms. The van der Waals surface area contributed by atoms with Crippen LogP contribution in [-0.4, -0.2) is 39.7 Å². The molecule has 1 N–H and O–H groups in total. The molecule has 2 aromatic rings. The van der Waals surface area contributed by atoms with Crippen molar-refractivity contribution in [2.24, 2.45) is 7.05 Å². The summed E-state index contributed by atoms with van der Waals surface area (Å²) in [5.41, 5.74) is 1.44. The molecule has 0 spiro atoms. The van der Waals surface area contributed by atoms with Crippen LogP contribution in [0.2, 0.25) is 0 Å². The summed E-state index contributed by atoms with van der Waals surface area (Å²) >= 11 is 0. The largest absolute Gasteiger partial charge is 0.348 e. The fourth-order valence-corrected chi connectivity index (χ4v) is 2.92. The number of aromatic nitrogens is 2. The van der Waals surface area contributed by atoms with Crippen molar-refractivity contribution < 1.29 is 9.18 Å². The average molecular weight is 316 g/mol. The van der Waals surface area contributed by atoms with Gasteiger partial charge in [-0.1, -0.05) is 12.1 Å². The number of likely N-dealkylation sites (tertiary alicyclic amines) is 1. The van der Waals surface area contributed by atoms with Gasteiger partial charge in [0.1, 0.15) is 11.5 Å². The summed E-state index contributed by atoms with van der Waals surface area (Å²) in [6, 6.07) is 8.61. The van der Waals surface area contributed by atoms with Gasteiger partial charge >= 0.3 is 0 Å². The van der Waals surface area contributed by atoms with Crippen LogP contribution in [0.15, 0.2) is 36.5 Å². The Morgan fingerprint density at radius 3 is 2.78 bits per heavy atom. The van der Waals surface area contributed by atoms with Crippen molar-refractivity contribution in [3.8, 4) is 0 Å². The molecule has 3 rings (SSSR count). The van der Waals surface area contributed by atoms with E-state index in [2.05, 4.69) is 15.3 Å². The predicted molar refractivity (Wildman–Crippen MR) is 85.4 cm³/mol. The summed E-state index contributed by atoms with van der Waals surface area (Å²) in [5.74, 6) is -0.311. The summed E-state index contributed by atoms with van der Waals surface area (Å²) in [4.78, 5) is 14.4. The van der Waals surface area contributed by atoms with Gasteiger partial charge in [0.15, 0.2) is 0 Å². The van der Waals surface area contributed by atoms with E-state index in [4.69, 9.17) is 0 Å². The van der Waals surface area contributed by atoms with Gasteiger partial charge in [-0.3, -0.25) is 14.4 Å². The lowest BCUT2D eigenvalue weighted by Gasteiger charge is -2.32. The summed E-state index contributed by atoms with van der Waals surface area (Å²) in [6.45, 7) is 2.53. The highest BCUT2D eigenvalue weighted by atomic mass is 19.1. The van der Waals surface area contributed by atoms with Crippen LogP contribution >= 0.6 is 0 Å². The maximum Gasteiger partial charge on any atom is 0.271 e. The number of rotatable bonds is 4. The van der Waals surface area contributed by atoms with E-state index in [0.717, 1.165) is 38.0 Å². The van der Waals surface area contributed by atoms with E-state index in [-0.39, 0.29) is 17.8 Å². The lowest BCUT2D eigenvalue weighted by atomic mass is 10.0. The number of hydrogen-bond donors (Lipinski definition) is 1. The van der Waals surface area contributed by atoms with Crippen LogP contribution in [-0.2, 0) is 13.6 Å². The van der Waals surface area contributed by atoms with E-state index in [1.807, 2.05) is 6.07 Å². The SMILES string of the molecule is Cn1ccc(C(=O)NC2CCN(Cc3cccc(F)c3)CC2)n1. The second-order valence-electron chi connectivity index (χ2n) is 6.03. The number of halogens is 1. The van der Waals surface area contributed by atoms with Crippen molar-refractivity contribution >= 4 is 5.91 Å². The number of benzene rings is 1. The second kappa shape index (κ2) is 6.91. The Morgan fingerprint density at radius 1 is 1.35 bits per heavy atom. The van der Waals surface area contributed by atoms with Crippen molar-refractivity contribution in [2.75, 3.05) is 13.1 Å². The second-order valence-corrected chi connectivity index (χ2v) is 6.03. The topological polar surface area (TPSA) is 50.2 Å². The zero-order valence-electron chi connectivity index (χ0n) is 13.2. The molecule has 0 saturated carbocycles. The first-order chi connectivity index (χ1) is 11.1. The molecule has 1 aliphatic rings. The number of aryl methyl sites for hydroxylation is 1. The molecule has 2 heterocycles. The Labute approximate surface area is 135 Å². The monoisotopic (exact) mass is 316 g/mol. The molecule has 122 valence electrons. The Morgan fingerprint density at radius 2 is 2.13 bits per heavy atom. The quantitative estimate of drug-likeness (QED) is 0.938. The van der Waals surface area contributed by atoms with Crippen molar-refractivity contribution in [3.63, 3.8) is 0 Å². The molecule has 1 fully saturated rings. The molecule has 1 aromatic heterocycles. The van der Waals surface area contributed by atoms with E-state index in [1.54, 1.807) is 36.1 Å². The first-order valence-electron chi connectivity index (χ1n) is 7.87. The summed E-state index contributed by atoms with van der Waals surface area (Å²) in [6.07, 6.45) is 3.55. The first-order valence-corrected chi connectivity index (χ1v) is 7.87. The third-order valence-corrected chi connectivity index (χ3v) is 4.16. The standard InChI is InChI=1S/C17H21FN4O/c1-21-8-7-16(20-21)17(23)19-15-5-9-22(10-6-15)12-13-3-2-4-14(18)11-13/h2-4,7-8,11,15H,5-6,9-10,12H2,1H3,(H,19,23). The van der Waals surface area contributed by atoms with Gasteiger partial charge in [0.2, 0.25) is 0 Å². The molecule has 0 unspecified atom stereocenters. The minimum Gasteiger partial charge on any atom is -0.348 e. The summed E-state index contributed by atoms with van der Waals surface area (Å²) < 4.78 is 14.8. The van der Waals surface area contributed by atoms with Gasteiger partial charge in [-0.25, -0.2) is 4.39 Å². The van der Waals surface area contributed by atoms with Crippen LogP contribution in [0.25, 0.3) is 0 Å². The van der Waals surface area contributed by atoms with Crippen molar-refractivity contribution in [3.05, 3.63) is 53.6 Å². The number of nitrogens with one attached hydrogen (secondary N) is 1. The zero-order valence-corrected chi connectivity index (χ0v) is 13.2. The molecule has 0 aliphatic carbocycles. The Hall–Kier alpha value is -2.21. The van der Waals surface area contributed by atoms with Crippen LogP contribution in [0.5, 0.6) is 0 Å². The van der Waals surface area contributed by atoms with Gasteiger partial charge in [0.05, 0.1) is 0 Å². The molecule has 1 saturated heterocycles. The number of carbonyl (C=O) groups is 1. The van der Waals surface area contributed by atoms with Gasteiger partial charge in [-0.15, -0.1) is 0 Å². The summed E-state index contributed by atoms with van der Waals surface area (Å²) in [7, 11) is 1.79. The molecule has 6 heteroatoms. The van der Waals surface area contributed by atoms with Gasteiger partial charge < -0.3 is 5.32 Å². The van der Waals surface area contributed by atoms with Crippen LogP contribution in [0.1, 0.15) is 28.9 Å². The number of piperidine rings is 1. The van der Waals surface area contributed by atoms with Gasteiger partial charge in [-0.2, -0.15) is 5.10 Å². The Kier molecular flexibility index (Phi) is 4.71. The third kappa shape index (κ3) is 4.16. The highest BCUT2D eigenvalue weighted by Crippen LogP contribution is 2.15. The predicted octanol–water partition coefficient (Wildman–Crippen LogP) is 1.95. The van der Waals surface area contributed by atoms with Crippen molar-refractivity contribution in [2.45, 2.75) is 25.4 Å². The Bertz CT molecular complexity index is 677. The minimum atomic E-state index is -0.194. The van der Waals surface area contributed by atoms with E-state index >= 15 is 0 Å². The van der Waals surface area contributed by atoms with E-state index < -0.39 is 0 Å². The number of nitrogens with zero attached hydrogens (tertiary/aromatic N) is 3. The molecule has 0 radical (unpaired) electrons. The zero-order chi connectivity index (χ0) is 16.2. The fraction of sp³-hybridized carbons (Fsp3) is 0.412. The first kappa shape index (κ1) is 15.7. The van der Waals surface area contributed by atoms with Crippen LogP contribution in [0.4, 0.5) is 4.39 Å². The van der Waals surface area contributed by atoms with Gasteiger partial charge in [-0.05, 0) is 36.6 Å². The highest BCUT2D eigenvalue weighted by molar-refractivity contribution is 5.92. The highest BCUT2D eigenvalue weighted by Gasteiger charge is 2.22. The lowest BCUT2D eigenvalue weighted by Crippen LogP contribution is -2.44. The van der Waals surface area contributed by atoms with Crippen molar-refractivity contribution in [1.29, 1.82) is 0 Å². The molecule has 1 amide bonds. The maximum absolute atomic E-state index is 13.2. The van der Waals surface area contributed by atoms with Crippen molar-refractivity contribution in [1.82, 2.24) is 20.0 Å². The molecule has 0 atom stereocenters. The molecule has 23 heavy (non-hydrogen) atoms. The summed E-state index contributed by atoms with van der Waals surface area (Å²) in [5, 5.41) is 7.15. The number of carbonyl (C=O) groups excluding carboxylic acids is 1. The molecule has 1 aromatic carbocycles. The fourth-order valence-electron chi connectivity index (χ4n) is 2.92. The lowest BCUT2D eigenvalue weighted by molar-refractivity contribution is 0.0903. The van der Waals surface area contributed by atoms with Gasteiger partial charge in [0, 0.05) is 38.9 Å². The maximum atomic E-state index is 13.2. The third-order valence-electron chi connectivity index (χ3n) is 4.16. The van der Waals surface area contributed by atoms with Crippen LogP contribution in [0, 0.1) is 5.82 Å². The van der Waals surface area contributed by atoms with Crippen LogP contribution < -0.4 is 5.32 Å². The number of amides is 1. The molecule has 1 aliphatic heterocycles. The minimum absolute atomic E-state index is 0.116. The molecular weight excluding hydrogens is 295 g/mol. The normalized spacial score (nSPS) is 16.4. The molecule has 5 nitrogen and oxygen atoms in total. The van der Waals surface area contributed by atoms with E-state index in [9.17, 15) is 9.18 Å². The van der Waals surface area contributed by atoms with E-state index in [1.165, 1.54) is 6.07 Å². The van der Waals surface area contributed by atoms with Crippen LogP contribution in [0.3, 0.4) is 0 Å². The average Bonchev–Trinajstić information content (AvgIpc) is 2.96. The number of hydrogen-bond acceptors (Lipinski definition) is 3.